The molecule has 2 aromatic carbocycles. The highest BCUT2D eigenvalue weighted by Crippen LogP contribution is 2.30. The Hall–Kier alpha value is -3.34. The third kappa shape index (κ3) is 5.13. The van der Waals surface area contributed by atoms with Gasteiger partial charge >= 0.3 is 0 Å². The Bertz CT molecular complexity index is 1020. The number of carbonyl (C=O) groups is 1. The zero-order valence-corrected chi connectivity index (χ0v) is 17.1. The molecule has 0 saturated heterocycles. The molecule has 0 radical (unpaired) electrons. The summed E-state index contributed by atoms with van der Waals surface area (Å²) in [5.74, 6) is 0.193. The number of hydrogen-bond donors (Lipinski definition) is 1. The number of methoxy groups -OCH3 is 2. The van der Waals surface area contributed by atoms with E-state index in [0.717, 1.165) is 16.6 Å². The Morgan fingerprint density at radius 1 is 1.17 bits per heavy atom. The van der Waals surface area contributed by atoms with Gasteiger partial charge in [0.1, 0.15) is 17.5 Å². The second-order valence-corrected chi connectivity index (χ2v) is 7.93. The lowest BCUT2D eigenvalue weighted by molar-refractivity contribution is -0.384. The molecule has 0 heterocycles. The molecular formula is C18H21N3O7S. The van der Waals surface area contributed by atoms with E-state index < -0.39 is 26.9 Å². The molecule has 2 rings (SSSR count). The van der Waals surface area contributed by atoms with E-state index in [2.05, 4.69) is 5.32 Å². The zero-order chi connectivity index (χ0) is 21.8. The highest BCUT2D eigenvalue weighted by Gasteiger charge is 2.30. The van der Waals surface area contributed by atoms with Crippen LogP contribution in [-0.4, -0.2) is 45.8 Å². The lowest BCUT2D eigenvalue weighted by Crippen LogP contribution is -2.45. The lowest BCUT2D eigenvalue weighted by atomic mass is 10.2. The summed E-state index contributed by atoms with van der Waals surface area (Å²) in [6.45, 7) is 1.38. The maximum absolute atomic E-state index is 12.8. The molecule has 0 bridgehead atoms. The van der Waals surface area contributed by atoms with Gasteiger partial charge in [-0.3, -0.25) is 19.2 Å². The topological polar surface area (TPSA) is 128 Å². The van der Waals surface area contributed by atoms with Crippen LogP contribution in [0.25, 0.3) is 0 Å². The van der Waals surface area contributed by atoms with Crippen LogP contribution < -0.4 is 19.1 Å². The number of nitro groups is 1. The average Bonchev–Trinajstić information content (AvgIpc) is 2.67. The van der Waals surface area contributed by atoms with Crippen LogP contribution in [-0.2, 0) is 14.8 Å². The molecule has 0 spiro atoms. The molecule has 11 heteroatoms. The second-order valence-electron chi connectivity index (χ2n) is 6.07. The van der Waals surface area contributed by atoms with Crippen LogP contribution in [0.1, 0.15) is 6.92 Å². The Morgan fingerprint density at radius 2 is 1.86 bits per heavy atom. The molecule has 0 aliphatic heterocycles. The number of hydrogen-bond acceptors (Lipinski definition) is 7. The molecule has 0 saturated carbocycles. The number of carbonyl (C=O) groups excluding carboxylic acids is 1. The highest BCUT2D eigenvalue weighted by atomic mass is 32.2. The van der Waals surface area contributed by atoms with Gasteiger partial charge in [-0.15, -0.1) is 0 Å². The molecule has 29 heavy (non-hydrogen) atoms. The SMILES string of the molecule is COc1ccc(NC(=O)C(C)N(c2cccc([N+](=O)[O-])c2)S(C)(=O)=O)c(OC)c1. The van der Waals surface area contributed by atoms with E-state index in [1.54, 1.807) is 18.2 Å². The van der Waals surface area contributed by atoms with Crippen LogP contribution >= 0.6 is 0 Å². The maximum atomic E-state index is 12.8. The molecule has 1 amide bonds. The normalized spacial score (nSPS) is 12.0. The van der Waals surface area contributed by atoms with Crippen LogP contribution in [0.4, 0.5) is 17.1 Å². The van der Waals surface area contributed by atoms with Gasteiger partial charge in [0.15, 0.2) is 0 Å². The highest BCUT2D eigenvalue weighted by molar-refractivity contribution is 7.92. The molecule has 0 aliphatic carbocycles. The number of ether oxygens (including phenoxy) is 2. The molecule has 10 nitrogen and oxygen atoms in total. The summed E-state index contributed by atoms with van der Waals surface area (Å²) in [6.07, 6.45) is 0.920. The molecule has 2 aromatic rings. The van der Waals surface area contributed by atoms with Gasteiger partial charge in [-0.1, -0.05) is 6.07 Å². The van der Waals surface area contributed by atoms with Gasteiger partial charge < -0.3 is 14.8 Å². The standard InChI is InChI=1S/C18H21N3O7S/c1-12(18(22)19-16-9-8-15(27-2)11-17(16)28-3)20(29(4,25)26)13-6-5-7-14(10-13)21(23)24/h5-12H,1-4H3,(H,19,22). The first-order valence-electron chi connectivity index (χ1n) is 8.35. The molecule has 1 unspecified atom stereocenters. The summed E-state index contributed by atoms with van der Waals surface area (Å²) in [5.41, 5.74) is 0.0317. The van der Waals surface area contributed by atoms with Crippen LogP contribution in [0.5, 0.6) is 11.5 Å². The van der Waals surface area contributed by atoms with Crippen LogP contribution in [0.15, 0.2) is 42.5 Å². The first kappa shape index (κ1) is 22.0. The van der Waals surface area contributed by atoms with Crippen molar-refractivity contribution in [1.82, 2.24) is 0 Å². The van der Waals surface area contributed by atoms with Crippen molar-refractivity contribution < 1.29 is 27.6 Å². The van der Waals surface area contributed by atoms with E-state index in [1.807, 2.05) is 0 Å². The predicted molar refractivity (Wildman–Crippen MR) is 108 cm³/mol. The van der Waals surface area contributed by atoms with Crippen molar-refractivity contribution in [2.45, 2.75) is 13.0 Å². The first-order chi connectivity index (χ1) is 13.6. The summed E-state index contributed by atoms with van der Waals surface area (Å²) in [7, 11) is -1.02. The van der Waals surface area contributed by atoms with Crippen molar-refractivity contribution in [3.63, 3.8) is 0 Å². The minimum absolute atomic E-state index is 0.00560. The predicted octanol–water partition coefficient (Wildman–Crippen LogP) is 2.41. The number of nitrogens with zero attached hydrogens (tertiary/aromatic N) is 2. The summed E-state index contributed by atoms with van der Waals surface area (Å²) < 4.78 is 35.9. The Morgan fingerprint density at radius 3 is 2.41 bits per heavy atom. The van der Waals surface area contributed by atoms with Gasteiger partial charge in [0.05, 0.1) is 36.8 Å². The van der Waals surface area contributed by atoms with Crippen molar-refractivity contribution >= 4 is 33.0 Å². The van der Waals surface area contributed by atoms with E-state index in [4.69, 9.17) is 9.47 Å². The van der Waals surface area contributed by atoms with Gasteiger partial charge in [-0.25, -0.2) is 8.42 Å². The van der Waals surface area contributed by atoms with Crippen molar-refractivity contribution in [3.8, 4) is 11.5 Å². The molecule has 1 atom stereocenters. The minimum Gasteiger partial charge on any atom is -0.497 e. The van der Waals surface area contributed by atoms with Gasteiger partial charge in [-0.05, 0) is 25.1 Å². The Labute approximate surface area is 168 Å². The number of amides is 1. The number of nitrogens with one attached hydrogen (secondary N) is 1. The average molecular weight is 423 g/mol. The number of benzene rings is 2. The molecule has 156 valence electrons. The third-order valence-corrected chi connectivity index (χ3v) is 5.29. The fraction of sp³-hybridized carbons (Fsp3) is 0.278. The van der Waals surface area contributed by atoms with Crippen LogP contribution in [0.3, 0.4) is 0 Å². The van der Waals surface area contributed by atoms with Gasteiger partial charge in [0.2, 0.25) is 15.9 Å². The molecular weight excluding hydrogens is 402 g/mol. The molecule has 0 aliphatic rings. The molecule has 1 N–H and O–H groups in total. The van der Waals surface area contributed by atoms with Crippen molar-refractivity contribution in [2.24, 2.45) is 0 Å². The number of sulfonamides is 1. The van der Waals surface area contributed by atoms with Gasteiger partial charge in [0, 0.05) is 18.2 Å². The monoisotopic (exact) mass is 423 g/mol. The van der Waals surface area contributed by atoms with Gasteiger partial charge in [-0.2, -0.15) is 0 Å². The zero-order valence-electron chi connectivity index (χ0n) is 16.3. The van der Waals surface area contributed by atoms with Crippen molar-refractivity contribution in [1.29, 1.82) is 0 Å². The Kier molecular flexibility index (Phi) is 6.64. The van der Waals surface area contributed by atoms with E-state index >= 15 is 0 Å². The summed E-state index contributed by atoms with van der Waals surface area (Å²) >= 11 is 0. The quantitative estimate of drug-likeness (QED) is 0.510. The second kappa shape index (κ2) is 8.78. The van der Waals surface area contributed by atoms with E-state index in [9.17, 15) is 23.3 Å². The third-order valence-electron chi connectivity index (χ3n) is 4.05. The van der Waals surface area contributed by atoms with Crippen molar-refractivity contribution in [2.75, 3.05) is 30.1 Å². The molecule has 0 aromatic heterocycles. The summed E-state index contributed by atoms with van der Waals surface area (Å²) in [5, 5.41) is 13.6. The minimum atomic E-state index is -3.92. The van der Waals surface area contributed by atoms with Crippen LogP contribution in [0.2, 0.25) is 0 Å². The van der Waals surface area contributed by atoms with E-state index in [0.29, 0.717) is 17.2 Å². The first-order valence-corrected chi connectivity index (χ1v) is 10.2. The van der Waals surface area contributed by atoms with E-state index in [1.165, 1.54) is 39.3 Å². The number of rotatable bonds is 8. The number of nitro benzene ring substituents is 1. The fourth-order valence-electron chi connectivity index (χ4n) is 2.69. The largest absolute Gasteiger partial charge is 0.497 e. The molecule has 0 fully saturated rings. The Balaban J connectivity index is 2.38. The fourth-order valence-corrected chi connectivity index (χ4v) is 3.86. The summed E-state index contributed by atoms with van der Waals surface area (Å²) in [4.78, 5) is 23.2. The van der Waals surface area contributed by atoms with E-state index in [-0.39, 0.29) is 11.4 Å². The van der Waals surface area contributed by atoms with Gasteiger partial charge in [0.25, 0.3) is 5.69 Å². The number of non-ortho nitro benzene ring substituents is 1. The smallest absolute Gasteiger partial charge is 0.271 e. The maximum Gasteiger partial charge on any atom is 0.271 e. The number of anilines is 2. The lowest BCUT2D eigenvalue weighted by Gasteiger charge is -2.28. The van der Waals surface area contributed by atoms with Crippen LogP contribution in [0, 0.1) is 10.1 Å². The summed E-state index contributed by atoms with van der Waals surface area (Å²) in [6, 6.07) is 8.59. The van der Waals surface area contributed by atoms with Crippen molar-refractivity contribution in [3.05, 3.63) is 52.6 Å².